The third kappa shape index (κ3) is 4.97. The van der Waals surface area contributed by atoms with Crippen molar-refractivity contribution in [3.05, 3.63) is 187 Å². The lowest BCUT2D eigenvalue weighted by Gasteiger charge is -2.31. The summed E-state index contributed by atoms with van der Waals surface area (Å²) >= 11 is 1.90. The van der Waals surface area contributed by atoms with Gasteiger partial charge >= 0.3 is 0 Å². The van der Waals surface area contributed by atoms with Crippen LogP contribution in [0.25, 0.3) is 64.3 Å². The highest BCUT2D eigenvalue weighted by Crippen LogP contribution is 2.54. The third-order valence-corrected chi connectivity index (χ3v) is 13.0. The molecular weight excluding hydrogens is 659 g/mol. The Morgan fingerprint density at radius 2 is 0.981 bits per heavy atom. The van der Waals surface area contributed by atoms with E-state index in [9.17, 15) is 0 Å². The number of hydrogen-bond donors (Lipinski definition) is 0. The lowest BCUT2D eigenvalue weighted by atomic mass is 9.74. The van der Waals surface area contributed by atoms with Gasteiger partial charge in [0.25, 0.3) is 0 Å². The first-order valence-corrected chi connectivity index (χ1v) is 19.6. The maximum atomic E-state index is 2.47. The largest absolute Gasteiger partial charge is 0.310 e. The fourth-order valence-corrected chi connectivity index (χ4v) is 10.3. The van der Waals surface area contributed by atoms with Gasteiger partial charge in [0.1, 0.15) is 0 Å². The molecule has 0 N–H and O–H groups in total. The first-order chi connectivity index (χ1) is 26.2. The second kappa shape index (κ2) is 12.6. The Morgan fingerprint density at radius 1 is 0.415 bits per heavy atom. The summed E-state index contributed by atoms with van der Waals surface area (Å²) in [5.41, 5.74) is 14.0. The minimum Gasteiger partial charge on any atom is -0.310 e. The fraction of sp³-hybridized carbons (Fsp3) is 0.0980. The number of hydrogen-bond acceptors (Lipinski definition) is 2. The van der Waals surface area contributed by atoms with Crippen LogP contribution in [0.15, 0.2) is 176 Å². The highest BCUT2D eigenvalue weighted by Gasteiger charge is 2.40. The van der Waals surface area contributed by atoms with Crippen molar-refractivity contribution < 1.29 is 0 Å². The zero-order valence-electron chi connectivity index (χ0n) is 30.0. The van der Waals surface area contributed by atoms with Gasteiger partial charge in [-0.2, -0.15) is 0 Å². The standard InChI is InChI=1S/C51H39NS/c1-3-51(4-2)47-19-10-8-15-42(47)43-30-29-39(33-48(43)51)52(37-25-21-35(22-26-37)34-13-6-5-7-14-34)38-27-23-36(24-28-38)40-17-12-18-45-41(40)31-32-46-44-16-9-11-20-49(44)53-50(45)46/h5-33H,3-4H2,1-2H3. The molecular formula is C51H39NS. The number of thiophene rings is 1. The van der Waals surface area contributed by atoms with Crippen LogP contribution in [-0.2, 0) is 5.41 Å². The summed E-state index contributed by atoms with van der Waals surface area (Å²) in [5, 5.41) is 5.29. The molecule has 0 unspecified atom stereocenters. The van der Waals surface area contributed by atoms with Crippen molar-refractivity contribution in [2.75, 3.05) is 4.90 Å². The van der Waals surface area contributed by atoms with Crippen LogP contribution in [0.5, 0.6) is 0 Å². The average Bonchev–Trinajstić information content (AvgIpc) is 3.75. The van der Waals surface area contributed by atoms with E-state index in [4.69, 9.17) is 0 Å². The highest BCUT2D eigenvalue weighted by atomic mass is 32.1. The maximum Gasteiger partial charge on any atom is 0.0465 e. The molecule has 0 amide bonds. The Hall–Kier alpha value is -5.96. The molecule has 1 aliphatic rings. The summed E-state index contributed by atoms with van der Waals surface area (Å²) in [4.78, 5) is 2.43. The molecule has 0 atom stereocenters. The minimum absolute atomic E-state index is 0.00281. The number of nitrogens with zero attached hydrogens (tertiary/aromatic N) is 1. The van der Waals surface area contributed by atoms with Crippen molar-refractivity contribution in [1.29, 1.82) is 0 Å². The molecule has 254 valence electrons. The van der Waals surface area contributed by atoms with Gasteiger partial charge in [0.05, 0.1) is 0 Å². The van der Waals surface area contributed by atoms with E-state index in [1.165, 1.54) is 81.1 Å². The van der Waals surface area contributed by atoms with Gasteiger partial charge in [-0.05, 0) is 105 Å². The predicted molar refractivity (Wildman–Crippen MR) is 229 cm³/mol. The smallest absolute Gasteiger partial charge is 0.0465 e. The normalized spacial score (nSPS) is 13.0. The van der Waals surface area contributed by atoms with E-state index in [1.807, 2.05) is 11.3 Å². The van der Waals surface area contributed by atoms with Crippen LogP contribution in [-0.4, -0.2) is 0 Å². The average molecular weight is 698 g/mol. The van der Waals surface area contributed by atoms with Crippen LogP contribution in [0.2, 0.25) is 0 Å². The van der Waals surface area contributed by atoms with Crippen LogP contribution in [0, 0.1) is 0 Å². The summed E-state index contributed by atoms with van der Waals surface area (Å²) in [6.07, 6.45) is 2.13. The zero-order valence-corrected chi connectivity index (χ0v) is 30.8. The Bertz CT molecular complexity index is 2790. The summed E-state index contributed by atoms with van der Waals surface area (Å²) in [7, 11) is 0. The molecule has 0 aliphatic heterocycles. The van der Waals surface area contributed by atoms with Crippen molar-refractivity contribution in [3.8, 4) is 33.4 Å². The minimum atomic E-state index is 0.00281. The fourth-order valence-electron chi connectivity index (χ4n) is 9.06. The van der Waals surface area contributed by atoms with E-state index < -0.39 is 0 Å². The molecule has 8 aromatic carbocycles. The molecule has 2 heteroatoms. The van der Waals surface area contributed by atoms with Gasteiger partial charge in [-0.25, -0.2) is 0 Å². The van der Waals surface area contributed by atoms with Gasteiger partial charge in [0.2, 0.25) is 0 Å². The Balaban J connectivity index is 1.10. The Kier molecular flexibility index (Phi) is 7.56. The topological polar surface area (TPSA) is 3.24 Å². The van der Waals surface area contributed by atoms with Crippen LogP contribution < -0.4 is 4.90 Å². The van der Waals surface area contributed by atoms with Crippen LogP contribution in [0.3, 0.4) is 0 Å². The lowest BCUT2D eigenvalue weighted by molar-refractivity contribution is 0.490. The molecule has 0 bridgehead atoms. The van der Waals surface area contributed by atoms with E-state index in [0.717, 1.165) is 24.2 Å². The van der Waals surface area contributed by atoms with E-state index in [1.54, 1.807) is 0 Å². The number of rotatable bonds is 7. The van der Waals surface area contributed by atoms with Crippen molar-refractivity contribution >= 4 is 59.3 Å². The molecule has 10 rings (SSSR count). The number of benzene rings is 8. The molecule has 1 nitrogen and oxygen atoms in total. The molecule has 1 aromatic heterocycles. The van der Waals surface area contributed by atoms with Gasteiger partial charge < -0.3 is 4.90 Å². The van der Waals surface area contributed by atoms with E-state index in [-0.39, 0.29) is 5.41 Å². The number of anilines is 3. The second-order valence-electron chi connectivity index (χ2n) is 14.3. The van der Waals surface area contributed by atoms with E-state index >= 15 is 0 Å². The van der Waals surface area contributed by atoms with Gasteiger partial charge in [-0.1, -0.05) is 147 Å². The van der Waals surface area contributed by atoms with Gasteiger partial charge in [0.15, 0.2) is 0 Å². The molecule has 0 saturated heterocycles. The molecule has 9 aromatic rings. The van der Waals surface area contributed by atoms with Crippen molar-refractivity contribution in [3.63, 3.8) is 0 Å². The van der Waals surface area contributed by atoms with Crippen LogP contribution >= 0.6 is 11.3 Å². The monoisotopic (exact) mass is 697 g/mol. The third-order valence-electron chi connectivity index (χ3n) is 11.8. The summed E-state index contributed by atoms with van der Waals surface area (Å²) < 4.78 is 2.70. The Labute approximate surface area is 315 Å². The molecule has 1 aliphatic carbocycles. The SMILES string of the molecule is CCC1(CC)c2ccccc2-c2ccc(N(c3ccc(-c4ccccc4)cc3)c3ccc(-c4cccc5c4ccc4c6ccccc6sc54)cc3)cc21. The predicted octanol–water partition coefficient (Wildman–Crippen LogP) is 15.1. The molecule has 53 heavy (non-hydrogen) atoms. The molecule has 0 spiro atoms. The van der Waals surface area contributed by atoms with Gasteiger partial charge in [0, 0.05) is 48.0 Å². The van der Waals surface area contributed by atoms with Crippen molar-refractivity contribution in [2.45, 2.75) is 32.1 Å². The molecule has 0 radical (unpaired) electrons. The van der Waals surface area contributed by atoms with E-state index in [2.05, 4.69) is 195 Å². The zero-order chi connectivity index (χ0) is 35.5. The van der Waals surface area contributed by atoms with Crippen LogP contribution in [0.1, 0.15) is 37.8 Å². The van der Waals surface area contributed by atoms with Crippen LogP contribution in [0.4, 0.5) is 17.1 Å². The van der Waals surface area contributed by atoms with Gasteiger partial charge in [-0.3, -0.25) is 0 Å². The second-order valence-corrected chi connectivity index (χ2v) is 15.4. The van der Waals surface area contributed by atoms with Crippen molar-refractivity contribution in [2.24, 2.45) is 0 Å². The Morgan fingerprint density at radius 3 is 1.75 bits per heavy atom. The summed E-state index contributed by atoms with van der Waals surface area (Å²) in [6, 6.07) is 65.2. The van der Waals surface area contributed by atoms with Gasteiger partial charge in [-0.15, -0.1) is 11.3 Å². The number of fused-ring (bicyclic) bond motifs is 8. The quantitative estimate of drug-likeness (QED) is 0.160. The first kappa shape index (κ1) is 31.7. The molecule has 0 saturated carbocycles. The van der Waals surface area contributed by atoms with E-state index in [0.29, 0.717) is 0 Å². The highest BCUT2D eigenvalue weighted by molar-refractivity contribution is 7.26. The molecule has 1 heterocycles. The summed E-state index contributed by atoms with van der Waals surface area (Å²) in [6.45, 7) is 4.69. The summed E-state index contributed by atoms with van der Waals surface area (Å²) in [5.74, 6) is 0. The first-order valence-electron chi connectivity index (χ1n) is 18.8. The van der Waals surface area contributed by atoms with Crippen molar-refractivity contribution in [1.82, 2.24) is 0 Å². The maximum absolute atomic E-state index is 2.47. The lowest BCUT2D eigenvalue weighted by Crippen LogP contribution is -2.23. The molecule has 0 fully saturated rings.